The number of hydrogen-bond acceptors (Lipinski definition) is 5. The van der Waals surface area contributed by atoms with Gasteiger partial charge in [0.25, 0.3) is 5.91 Å². The minimum absolute atomic E-state index is 0.0304. The zero-order valence-corrected chi connectivity index (χ0v) is 14.5. The van der Waals surface area contributed by atoms with E-state index in [0.717, 1.165) is 12.8 Å². The van der Waals surface area contributed by atoms with Crippen LogP contribution in [-0.2, 0) is 14.3 Å². The van der Waals surface area contributed by atoms with Crippen molar-refractivity contribution in [1.29, 1.82) is 0 Å². The molecule has 2 aromatic rings. The third-order valence-corrected chi connectivity index (χ3v) is 4.18. The van der Waals surface area contributed by atoms with E-state index in [0.29, 0.717) is 10.9 Å². The zero-order chi connectivity index (χ0) is 18.8. The normalized spacial score (nSPS) is 13.5. The Hall–Kier alpha value is -2.90. The maximum absolute atomic E-state index is 13.7. The third kappa shape index (κ3) is 3.84. The smallest absolute Gasteiger partial charge is 0.375 e. The summed E-state index contributed by atoms with van der Waals surface area (Å²) < 4.78 is 24.0. The van der Waals surface area contributed by atoms with Crippen molar-refractivity contribution in [3.63, 3.8) is 0 Å². The average Bonchev–Trinajstić information content (AvgIpc) is 3.34. The molecule has 0 atom stereocenters. The molecule has 3 rings (SSSR count). The van der Waals surface area contributed by atoms with Crippen molar-refractivity contribution in [2.75, 3.05) is 20.2 Å². The molecule has 0 unspecified atom stereocenters. The second-order valence-corrected chi connectivity index (χ2v) is 6.34. The van der Waals surface area contributed by atoms with E-state index in [9.17, 15) is 18.8 Å². The molecule has 1 heterocycles. The van der Waals surface area contributed by atoms with Crippen LogP contribution >= 0.6 is 0 Å². The summed E-state index contributed by atoms with van der Waals surface area (Å²) in [6.07, 6.45) is 1.91. The highest BCUT2D eigenvalue weighted by atomic mass is 19.1. The van der Waals surface area contributed by atoms with Crippen molar-refractivity contribution < 1.29 is 27.9 Å². The Balaban J connectivity index is 1.58. The van der Waals surface area contributed by atoms with Crippen LogP contribution in [-0.4, -0.2) is 48.9 Å². The molecule has 2 amide bonds. The second kappa shape index (κ2) is 7.15. The van der Waals surface area contributed by atoms with E-state index in [2.05, 4.69) is 5.32 Å². The fourth-order valence-corrected chi connectivity index (χ4v) is 2.51. The van der Waals surface area contributed by atoms with Gasteiger partial charge in [0.2, 0.25) is 11.7 Å². The molecule has 1 aliphatic rings. The van der Waals surface area contributed by atoms with E-state index < -0.39 is 24.3 Å². The molecule has 0 bridgehead atoms. The molecule has 8 heteroatoms. The van der Waals surface area contributed by atoms with Crippen LogP contribution in [0.5, 0.6) is 0 Å². The van der Waals surface area contributed by atoms with Gasteiger partial charge in [0, 0.05) is 24.0 Å². The van der Waals surface area contributed by atoms with Crippen LogP contribution in [0, 0.1) is 12.7 Å². The predicted molar refractivity (Wildman–Crippen MR) is 90.0 cm³/mol. The number of furan rings is 1. The van der Waals surface area contributed by atoms with E-state index in [4.69, 9.17) is 9.15 Å². The van der Waals surface area contributed by atoms with Crippen molar-refractivity contribution in [2.45, 2.75) is 25.8 Å². The largest absolute Gasteiger partial charge is 0.450 e. The van der Waals surface area contributed by atoms with Crippen molar-refractivity contribution in [3.05, 3.63) is 35.3 Å². The van der Waals surface area contributed by atoms with Crippen LogP contribution in [0.25, 0.3) is 11.0 Å². The first-order chi connectivity index (χ1) is 12.4. The number of carbonyl (C=O) groups is 3. The molecule has 0 saturated heterocycles. The predicted octanol–water partition coefficient (Wildman–Crippen LogP) is 1.77. The SMILES string of the molecule is Cc1c(C(=O)OCC(=O)N(C)CC(=O)NC2CC2)oc2c(F)cccc12. The van der Waals surface area contributed by atoms with E-state index in [1.54, 1.807) is 13.0 Å². The number of ether oxygens (including phenoxy) is 1. The first-order valence-corrected chi connectivity index (χ1v) is 8.25. The maximum Gasteiger partial charge on any atom is 0.375 e. The van der Waals surface area contributed by atoms with Gasteiger partial charge in [0.1, 0.15) is 0 Å². The van der Waals surface area contributed by atoms with Gasteiger partial charge in [-0.3, -0.25) is 9.59 Å². The molecular formula is C18H19FN2O5. The van der Waals surface area contributed by atoms with E-state index >= 15 is 0 Å². The summed E-state index contributed by atoms with van der Waals surface area (Å²) in [5.74, 6) is -2.36. The van der Waals surface area contributed by atoms with Gasteiger partial charge in [-0.1, -0.05) is 12.1 Å². The zero-order valence-electron chi connectivity index (χ0n) is 14.5. The van der Waals surface area contributed by atoms with Gasteiger partial charge in [-0.2, -0.15) is 0 Å². The first kappa shape index (κ1) is 17.9. The molecule has 0 aliphatic heterocycles. The summed E-state index contributed by atoms with van der Waals surface area (Å²) in [5, 5.41) is 3.24. The molecule has 138 valence electrons. The number of amides is 2. The lowest BCUT2D eigenvalue weighted by atomic mass is 10.1. The number of likely N-dealkylation sites (N-methyl/N-ethyl adjacent to an activating group) is 1. The summed E-state index contributed by atoms with van der Waals surface area (Å²) in [4.78, 5) is 37.0. The molecule has 7 nitrogen and oxygen atoms in total. The van der Waals surface area contributed by atoms with Gasteiger partial charge in [0.05, 0.1) is 6.54 Å². The van der Waals surface area contributed by atoms with Crippen molar-refractivity contribution in [3.8, 4) is 0 Å². The van der Waals surface area contributed by atoms with Crippen LogP contribution < -0.4 is 5.32 Å². The van der Waals surface area contributed by atoms with Gasteiger partial charge in [-0.15, -0.1) is 0 Å². The Morgan fingerprint density at radius 3 is 2.73 bits per heavy atom. The Bertz CT molecular complexity index is 872. The minimum Gasteiger partial charge on any atom is -0.450 e. The highest BCUT2D eigenvalue weighted by Gasteiger charge is 2.25. The van der Waals surface area contributed by atoms with Gasteiger partial charge >= 0.3 is 5.97 Å². The number of nitrogens with zero attached hydrogens (tertiary/aromatic N) is 1. The molecule has 1 saturated carbocycles. The summed E-state index contributed by atoms with van der Waals surface area (Å²) in [5.41, 5.74) is 0.409. The number of fused-ring (bicyclic) bond motifs is 1. The summed E-state index contributed by atoms with van der Waals surface area (Å²) in [7, 11) is 1.45. The van der Waals surface area contributed by atoms with Gasteiger partial charge < -0.3 is 19.4 Å². The Morgan fingerprint density at radius 2 is 2.08 bits per heavy atom. The average molecular weight is 362 g/mol. The molecule has 0 radical (unpaired) electrons. The van der Waals surface area contributed by atoms with Gasteiger partial charge in [-0.25, -0.2) is 9.18 Å². The Labute approximate surface area is 149 Å². The quantitative estimate of drug-likeness (QED) is 0.791. The van der Waals surface area contributed by atoms with Crippen molar-refractivity contribution in [1.82, 2.24) is 10.2 Å². The van der Waals surface area contributed by atoms with Crippen molar-refractivity contribution in [2.24, 2.45) is 0 Å². The standard InChI is InChI=1S/C18H19FN2O5/c1-10-12-4-3-5-13(19)17(12)26-16(10)18(24)25-9-15(23)21(2)8-14(22)20-11-6-7-11/h3-5,11H,6-9H2,1-2H3,(H,20,22). The molecule has 1 aromatic heterocycles. The van der Waals surface area contributed by atoms with Crippen LogP contribution in [0.1, 0.15) is 29.0 Å². The van der Waals surface area contributed by atoms with Gasteiger partial charge in [0.15, 0.2) is 18.0 Å². The molecule has 26 heavy (non-hydrogen) atoms. The lowest BCUT2D eigenvalue weighted by molar-refractivity contribution is -0.137. The highest BCUT2D eigenvalue weighted by Crippen LogP contribution is 2.27. The number of carbonyl (C=O) groups excluding carboxylic acids is 3. The van der Waals surface area contributed by atoms with Crippen LogP contribution in [0.3, 0.4) is 0 Å². The Morgan fingerprint density at radius 1 is 1.35 bits per heavy atom. The number of benzene rings is 1. The van der Waals surface area contributed by atoms with E-state index in [-0.39, 0.29) is 29.8 Å². The second-order valence-electron chi connectivity index (χ2n) is 6.34. The summed E-state index contributed by atoms with van der Waals surface area (Å²) in [6, 6.07) is 4.58. The minimum atomic E-state index is -0.859. The number of nitrogens with one attached hydrogen (secondary N) is 1. The Kier molecular flexibility index (Phi) is 4.92. The van der Waals surface area contributed by atoms with Gasteiger partial charge in [-0.05, 0) is 25.8 Å². The molecule has 1 aromatic carbocycles. The van der Waals surface area contributed by atoms with Crippen LogP contribution in [0.15, 0.2) is 22.6 Å². The molecule has 1 aliphatic carbocycles. The number of hydrogen-bond donors (Lipinski definition) is 1. The number of rotatable bonds is 6. The molecule has 0 spiro atoms. The van der Waals surface area contributed by atoms with E-state index in [1.165, 1.54) is 24.1 Å². The van der Waals surface area contributed by atoms with Crippen LogP contribution in [0.2, 0.25) is 0 Å². The molecule has 1 fully saturated rings. The molecular weight excluding hydrogens is 343 g/mol. The van der Waals surface area contributed by atoms with E-state index in [1.807, 2.05) is 0 Å². The summed E-state index contributed by atoms with van der Waals surface area (Å²) >= 11 is 0. The molecule has 1 N–H and O–H groups in total. The first-order valence-electron chi connectivity index (χ1n) is 8.25. The fourth-order valence-electron chi connectivity index (χ4n) is 2.51. The van der Waals surface area contributed by atoms with Crippen molar-refractivity contribution >= 4 is 28.8 Å². The monoisotopic (exact) mass is 362 g/mol. The number of esters is 1. The fraction of sp³-hybridized carbons (Fsp3) is 0.389. The lowest BCUT2D eigenvalue weighted by Gasteiger charge is -2.16. The number of aryl methyl sites for hydroxylation is 1. The third-order valence-electron chi connectivity index (χ3n) is 4.18. The number of halogens is 1. The lowest BCUT2D eigenvalue weighted by Crippen LogP contribution is -2.40. The van der Waals surface area contributed by atoms with Crippen LogP contribution in [0.4, 0.5) is 4.39 Å². The topological polar surface area (TPSA) is 88.9 Å². The highest BCUT2D eigenvalue weighted by molar-refractivity contribution is 5.97. The number of para-hydroxylation sites is 1. The maximum atomic E-state index is 13.7. The summed E-state index contributed by atoms with van der Waals surface area (Å²) in [6.45, 7) is 0.963.